The standard InChI is InChI=1S/C31H39N3O5S/c1-5-20-32-31(36)29(21-25-10-8-7-9-11-25)33(22-26-14-12-24(3)13-15-26)30(35)23-34(40(4,37)38)27-16-18-28(19-17-27)39-6-2/h7-19,29H,5-6,20-23H2,1-4H3,(H,32,36)/t29-/m0/s1. The predicted octanol–water partition coefficient (Wildman–Crippen LogP) is 4.33. The van der Waals surface area contributed by atoms with Crippen molar-refractivity contribution < 1.29 is 22.7 Å². The summed E-state index contributed by atoms with van der Waals surface area (Å²) < 4.78 is 32.3. The van der Waals surface area contributed by atoms with Gasteiger partial charge in [-0.25, -0.2) is 8.42 Å². The molecule has 1 N–H and O–H groups in total. The monoisotopic (exact) mass is 565 g/mol. The molecule has 40 heavy (non-hydrogen) atoms. The summed E-state index contributed by atoms with van der Waals surface area (Å²) in [6, 6.07) is 22.9. The lowest BCUT2D eigenvalue weighted by Gasteiger charge is -2.33. The molecule has 3 rings (SSSR count). The Bertz CT molecular complexity index is 1340. The maximum Gasteiger partial charge on any atom is 0.244 e. The van der Waals surface area contributed by atoms with Crippen LogP contribution in [0.2, 0.25) is 0 Å². The second-order valence-electron chi connectivity index (χ2n) is 9.70. The summed E-state index contributed by atoms with van der Waals surface area (Å²) in [5.74, 6) is -0.159. The van der Waals surface area contributed by atoms with Gasteiger partial charge in [-0.2, -0.15) is 0 Å². The van der Waals surface area contributed by atoms with Crippen LogP contribution in [0.3, 0.4) is 0 Å². The van der Waals surface area contributed by atoms with Crippen LogP contribution in [0, 0.1) is 6.92 Å². The van der Waals surface area contributed by atoms with Crippen molar-refractivity contribution in [2.45, 2.75) is 46.2 Å². The Balaban J connectivity index is 2.01. The molecule has 2 amide bonds. The zero-order chi connectivity index (χ0) is 29.1. The molecular weight excluding hydrogens is 526 g/mol. The van der Waals surface area contributed by atoms with Gasteiger partial charge >= 0.3 is 0 Å². The maximum atomic E-state index is 14.0. The Labute approximate surface area is 238 Å². The lowest BCUT2D eigenvalue weighted by molar-refractivity contribution is -0.140. The minimum absolute atomic E-state index is 0.150. The van der Waals surface area contributed by atoms with Crippen molar-refractivity contribution in [1.29, 1.82) is 0 Å². The Kier molecular flexibility index (Phi) is 11.1. The molecule has 3 aromatic rings. The van der Waals surface area contributed by atoms with Crippen molar-refractivity contribution >= 4 is 27.5 Å². The molecule has 0 fully saturated rings. The molecular formula is C31H39N3O5S. The van der Waals surface area contributed by atoms with Gasteiger partial charge in [0.2, 0.25) is 21.8 Å². The first-order valence-electron chi connectivity index (χ1n) is 13.5. The number of nitrogens with one attached hydrogen (secondary N) is 1. The molecule has 0 heterocycles. The molecule has 0 bridgehead atoms. The van der Waals surface area contributed by atoms with Crippen LogP contribution in [-0.4, -0.2) is 57.1 Å². The van der Waals surface area contributed by atoms with Crippen molar-refractivity contribution in [3.05, 3.63) is 95.6 Å². The van der Waals surface area contributed by atoms with E-state index in [4.69, 9.17) is 4.74 Å². The molecule has 214 valence electrons. The van der Waals surface area contributed by atoms with E-state index in [9.17, 15) is 18.0 Å². The Hall–Kier alpha value is -3.85. The third-order valence-electron chi connectivity index (χ3n) is 6.41. The molecule has 0 saturated heterocycles. The van der Waals surface area contributed by atoms with E-state index in [1.54, 1.807) is 24.3 Å². The smallest absolute Gasteiger partial charge is 0.244 e. The Morgan fingerprint density at radius 1 is 0.900 bits per heavy atom. The van der Waals surface area contributed by atoms with Crippen LogP contribution in [-0.2, 0) is 32.6 Å². The summed E-state index contributed by atoms with van der Waals surface area (Å²) >= 11 is 0. The van der Waals surface area contributed by atoms with E-state index in [2.05, 4.69) is 5.32 Å². The van der Waals surface area contributed by atoms with Gasteiger partial charge < -0.3 is 15.0 Å². The predicted molar refractivity (Wildman–Crippen MR) is 159 cm³/mol. The summed E-state index contributed by atoms with van der Waals surface area (Å²) in [4.78, 5) is 29.0. The van der Waals surface area contributed by atoms with Gasteiger partial charge in [-0.05, 0) is 55.7 Å². The number of ether oxygens (including phenoxy) is 1. The van der Waals surface area contributed by atoms with Crippen molar-refractivity contribution in [2.75, 3.05) is 30.3 Å². The van der Waals surface area contributed by atoms with E-state index < -0.39 is 28.5 Å². The average Bonchev–Trinajstić information content (AvgIpc) is 2.94. The fourth-order valence-corrected chi connectivity index (χ4v) is 5.15. The van der Waals surface area contributed by atoms with Crippen LogP contribution in [0.25, 0.3) is 0 Å². The summed E-state index contributed by atoms with van der Waals surface area (Å²) in [6.45, 7) is 6.44. The van der Waals surface area contributed by atoms with E-state index in [1.165, 1.54) is 4.90 Å². The fraction of sp³-hybridized carbons (Fsp3) is 0.355. The topological polar surface area (TPSA) is 96.0 Å². The van der Waals surface area contributed by atoms with Crippen LogP contribution in [0.5, 0.6) is 5.75 Å². The normalized spacial score (nSPS) is 11.9. The number of rotatable bonds is 14. The molecule has 0 aliphatic rings. The molecule has 3 aromatic carbocycles. The van der Waals surface area contributed by atoms with E-state index in [0.29, 0.717) is 24.6 Å². The molecule has 9 heteroatoms. The molecule has 0 radical (unpaired) electrons. The number of carbonyl (C=O) groups excluding carboxylic acids is 2. The van der Waals surface area contributed by atoms with Crippen molar-refractivity contribution in [2.24, 2.45) is 0 Å². The number of carbonyl (C=O) groups is 2. The SMILES string of the molecule is CCCNC(=O)[C@H](Cc1ccccc1)N(Cc1ccc(C)cc1)C(=O)CN(c1ccc(OCC)cc1)S(C)(=O)=O. The van der Waals surface area contributed by atoms with Gasteiger partial charge in [0, 0.05) is 19.5 Å². The second-order valence-corrected chi connectivity index (χ2v) is 11.6. The highest BCUT2D eigenvalue weighted by Crippen LogP contribution is 2.23. The summed E-state index contributed by atoms with van der Waals surface area (Å²) in [6.07, 6.45) is 2.10. The largest absolute Gasteiger partial charge is 0.494 e. The fourth-order valence-electron chi connectivity index (χ4n) is 4.30. The number of aryl methyl sites for hydroxylation is 1. The van der Waals surface area contributed by atoms with Gasteiger partial charge in [0.25, 0.3) is 0 Å². The zero-order valence-corrected chi connectivity index (χ0v) is 24.5. The number of amides is 2. The summed E-state index contributed by atoms with van der Waals surface area (Å²) in [5.41, 5.74) is 3.14. The van der Waals surface area contributed by atoms with Crippen LogP contribution in [0.1, 0.15) is 37.0 Å². The molecule has 0 aromatic heterocycles. The maximum absolute atomic E-state index is 14.0. The lowest BCUT2D eigenvalue weighted by Crippen LogP contribution is -2.53. The highest BCUT2D eigenvalue weighted by Gasteiger charge is 2.32. The van der Waals surface area contributed by atoms with E-state index in [0.717, 1.165) is 33.7 Å². The lowest BCUT2D eigenvalue weighted by atomic mass is 10.0. The van der Waals surface area contributed by atoms with Crippen LogP contribution in [0.4, 0.5) is 5.69 Å². The van der Waals surface area contributed by atoms with Crippen molar-refractivity contribution in [1.82, 2.24) is 10.2 Å². The van der Waals surface area contributed by atoms with Crippen LogP contribution >= 0.6 is 0 Å². The van der Waals surface area contributed by atoms with E-state index >= 15 is 0 Å². The number of hydrogen-bond acceptors (Lipinski definition) is 5. The highest BCUT2D eigenvalue weighted by molar-refractivity contribution is 7.92. The van der Waals surface area contributed by atoms with Crippen molar-refractivity contribution in [3.8, 4) is 5.75 Å². The summed E-state index contributed by atoms with van der Waals surface area (Å²) in [5, 5.41) is 2.94. The first kappa shape index (κ1) is 30.7. The van der Waals surface area contributed by atoms with E-state index in [1.807, 2.05) is 75.4 Å². The minimum atomic E-state index is -3.82. The number of nitrogens with zero attached hydrogens (tertiary/aromatic N) is 2. The number of anilines is 1. The van der Waals surface area contributed by atoms with Gasteiger partial charge in [-0.1, -0.05) is 67.1 Å². The molecule has 8 nitrogen and oxygen atoms in total. The van der Waals surface area contributed by atoms with Crippen LogP contribution < -0.4 is 14.4 Å². The van der Waals surface area contributed by atoms with Gasteiger partial charge in [0.05, 0.1) is 18.6 Å². The molecule has 0 saturated carbocycles. The third-order valence-corrected chi connectivity index (χ3v) is 7.55. The zero-order valence-electron chi connectivity index (χ0n) is 23.7. The quantitative estimate of drug-likeness (QED) is 0.314. The second kappa shape index (κ2) is 14.5. The molecule has 0 aliphatic carbocycles. The van der Waals surface area contributed by atoms with Gasteiger partial charge in [-0.3, -0.25) is 13.9 Å². The first-order valence-corrected chi connectivity index (χ1v) is 15.3. The third kappa shape index (κ3) is 8.84. The van der Waals surface area contributed by atoms with Crippen LogP contribution in [0.15, 0.2) is 78.9 Å². The average molecular weight is 566 g/mol. The Morgan fingerprint density at radius 3 is 2.12 bits per heavy atom. The molecule has 1 atom stereocenters. The van der Waals surface area contributed by atoms with Gasteiger partial charge in [0.1, 0.15) is 18.3 Å². The first-order chi connectivity index (χ1) is 19.1. The molecule has 0 spiro atoms. The number of hydrogen-bond donors (Lipinski definition) is 1. The minimum Gasteiger partial charge on any atom is -0.494 e. The summed E-state index contributed by atoms with van der Waals surface area (Å²) in [7, 11) is -3.82. The van der Waals surface area contributed by atoms with E-state index in [-0.39, 0.29) is 18.9 Å². The van der Waals surface area contributed by atoms with Gasteiger partial charge in [-0.15, -0.1) is 0 Å². The number of benzene rings is 3. The number of sulfonamides is 1. The highest BCUT2D eigenvalue weighted by atomic mass is 32.2. The Morgan fingerprint density at radius 2 is 1.55 bits per heavy atom. The molecule has 0 unspecified atom stereocenters. The molecule has 0 aliphatic heterocycles. The van der Waals surface area contributed by atoms with Crippen molar-refractivity contribution in [3.63, 3.8) is 0 Å². The van der Waals surface area contributed by atoms with Gasteiger partial charge in [0.15, 0.2) is 0 Å².